The second-order valence-electron chi connectivity index (χ2n) is 2.75. The average Bonchev–Trinajstić information content (AvgIpc) is 2.57. The van der Waals surface area contributed by atoms with Crippen molar-refractivity contribution in [3.63, 3.8) is 0 Å². The molecule has 0 unspecified atom stereocenters. The molecule has 0 aromatic heterocycles. The van der Waals surface area contributed by atoms with Crippen LogP contribution < -0.4 is 5.48 Å². The second-order valence-corrected chi connectivity index (χ2v) is 3.72. The van der Waals surface area contributed by atoms with Crippen LogP contribution in [0.25, 0.3) is 0 Å². The Bertz CT molecular complexity index is 331. The standard InChI is InChI=1S/C8H13N3O4S/c1-3-15-7(12)6(10-14-2)5-4-16-8(9)11(5)13/h9-10,13H,3-4H2,1-2H3. The monoisotopic (exact) mass is 247 g/mol. The number of hydroxylamine groups is 3. The summed E-state index contributed by atoms with van der Waals surface area (Å²) in [4.78, 5) is 16.2. The summed E-state index contributed by atoms with van der Waals surface area (Å²) in [5.74, 6) is -0.325. The predicted octanol–water partition coefficient (Wildman–Crippen LogP) is 0.285. The van der Waals surface area contributed by atoms with E-state index in [1.165, 1.54) is 7.11 Å². The summed E-state index contributed by atoms with van der Waals surface area (Å²) in [6.45, 7) is 1.90. The topological polar surface area (TPSA) is 94.9 Å². The quantitative estimate of drug-likeness (QED) is 0.373. The van der Waals surface area contributed by atoms with Crippen molar-refractivity contribution in [3.05, 3.63) is 11.4 Å². The molecule has 0 saturated carbocycles. The van der Waals surface area contributed by atoms with E-state index in [0.717, 1.165) is 11.8 Å². The summed E-state index contributed by atoms with van der Waals surface area (Å²) in [5.41, 5.74) is 2.60. The highest BCUT2D eigenvalue weighted by molar-refractivity contribution is 8.14. The summed E-state index contributed by atoms with van der Waals surface area (Å²) in [6, 6.07) is 0. The number of hydrogen-bond donors (Lipinski definition) is 3. The molecule has 8 heteroatoms. The smallest absolute Gasteiger partial charge is 0.358 e. The number of carbonyl (C=O) groups is 1. The van der Waals surface area contributed by atoms with Gasteiger partial charge in [-0.25, -0.2) is 9.86 Å². The van der Waals surface area contributed by atoms with Crippen LogP contribution in [0.4, 0.5) is 0 Å². The minimum Gasteiger partial charge on any atom is -0.461 e. The Morgan fingerprint density at radius 2 is 2.44 bits per heavy atom. The van der Waals surface area contributed by atoms with E-state index in [4.69, 9.17) is 10.1 Å². The molecule has 1 aliphatic heterocycles. The van der Waals surface area contributed by atoms with Gasteiger partial charge in [-0.3, -0.25) is 20.9 Å². The third kappa shape index (κ3) is 2.65. The van der Waals surface area contributed by atoms with Crippen molar-refractivity contribution in [1.82, 2.24) is 10.5 Å². The molecule has 7 nitrogen and oxygen atoms in total. The molecule has 0 aromatic rings. The summed E-state index contributed by atoms with van der Waals surface area (Å²) in [5, 5.41) is 17.4. The van der Waals surface area contributed by atoms with Gasteiger partial charge < -0.3 is 4.74 Å². The molecule has 1 fully saturated rings. The van der Waals surface area contributed by atoms with Gasteiger partial charge in [0.2, 0.25) is 0 Å². The lowest BCUT2D eigenvalue weighted by molar-refractivity contribution is -0.140. The van der Waals surface area contributed by atoms with Crippen molar-refractivity contribution in [1.29, 1.82) is 5.41 Å². The number of nitrogens with one attached hydrogen (secondary N) is 2. The highest BCUT2D eigenvalue weighted by atomic mass is 32.2. The fourth-order valence-electron chi connectivity index (χ4n) is 1.08. The Morgan fingerprint density at radius 3 is 2.88 bits per heavy atom. The molecule has 1 aliphatic rings. The van der Waals surface area contributed by atoms with E-state index in [9.17, 15) is 10.0 Å². The van der Waals surface area contributed by atoms with Crippen molar-refractivity contribution < 1.29 is 19.6 Å². The summed E-state index contributed by atoms with van der Waals surface area (Å²) < 4.78 is 4.80. The molecule has 0 aliphatic carbocycles. The molecular formula is C8H13N3O4S. The number of hydrogen-bond acceptors (Lipinski definition) is 7. The molecule has 1 rings (SSSR count). The molecule has 3 N–H and O–H groups in total. The minimum absolute atomic E-state index is 0.00148. The van der Waals surface area contributed by atoms with Crippen LogP contribution in [0.5, 0.6) is 0 Å². The molecule has 0 amide bonds. The SMILES string of the molecule is CCOC(=O)C(NOC)=C1CSC(=N)N1O. The maximum absolute atomic E-state index is 11.5. The lowest BCUT2D eigenvalue weighted by atomic mass is 10.3. The highest BCUT2D eigenvalue weighted by Gasteiger charge is 2.29. The fourth-order valence-corrected chi connectivity index (χ4v) is 1.86. The lowest BCUT2D eigenvalue weighted by Crippen LogP contribution is -2.29. The van der Waals surface area contributed by atoms with Gasteiger partial charge in [-0.05, 0) is 6.92 Å². The lowest BCUT2D eigenvalue weighted by Gasteiger charge is -2.14. The van der Waals surface area contributed by atoms with E-state index in [1.807, 2.05) is 0 Å². The third-order valence-corrected chi connectivity index (χ3v) is 2.63. The van der Waals surface area contributed by atoms with E-state index in [2.05, 4.69) is 10.3 Å². The third-order valence-electron chi connectivity index (χ3n) is 1.77. The Morgan fingerprint density at radius 1 is 1.75 bits per heavy atom. The predicted molar refractivity (Wildman–Crippen MR) is 57.6 cm³/mol. The number of rotatable bonds is 4. The number of thioether (sulfide) groups is 1. The van der Waals surface area contributed by atoms with Gasteiger partial charge in [0.25, 0.3) is 0 Å². The van der Waals surface area contributed by atoms with Gasteiger partial charge in [-0.15, -0.1) is 0 Å². The van der Waals surface area contributed by atoms with Crippen LogP contribution in [-0.4, -0.2) is 40.9 Å². The van der Waals surface area contributed by atoms with E-state index >= 15 is 0 Å². The average molecular weight is 247 g/mol. The van der Waals surface area contributed by atoms with Crippen LogP contribution in [0.3, 0.4) is 0 Å². The van der Waals surface area contributed by atoms with Gasteiger partial charge >= 0.3 is 5.97 Å². The molecule has 1 saturated heterocycles. The Labute approximate surface area is 96.8 Å². The van der Waals surface area contributed by atoms with E-state index in [1.54, 1.807) is 6.92 Å². The highest BCUT2D eigenvalue weighted by Crippen LogP contribution is 2.26. The number of amidine groups is 1. The van der Waals surface area contributed by atoms with Crippen LogP contribution >= 0.6 is 11.8 Å². The van der Waals surface area contributed by atoms with Crippen molar-refractivity contribution in [3.8, 4) is 0 Å². The fraction of sp³-hybridized carbons (Fsp3) is 0.500. The minimum atomic E-state index is -0.631. The van der Waals surface area contributed by atoms with Gasteiger partial charge in [-0.2, -0.15) is 0 Å². The molecule has 0 bridgehead atoms. The van der Waals surface area contributed by atoms with Crippen molar-refractivity contribution in [2.24, 2.45) is 0 Å². The van der Waals surface area contributed by atoms with Crippen LogP contribution in [-0.2, 0) is 14.4 Å². The number of esters is 1. The largest absolute Gasteiger partial charge is 0.461 e. The molecule has 16 heavy (non-hydrogen) atoms. The van der Waals surface area contributed by atoms with Crippen molar-refractivity contribution in [2.75, 3.05) is 19.5 Å². The molecule has 90 valence electrons. The summed E-state index contributed by atoms with van der Waals surface area (Å²) in [7, 11) is 1.34. The zero-order valence-corrected chi connectivity index (χ0v) is 9.76. The second kappa shape index (κ2) is 5.73. The van der Waals surface area contributed by atoms with E-state index in [0.29, 0.717) is 10.8 Å². The number of nitrogens with zero attached hydrogens (tertiary/aromatic N) is 1. The molecule has 1 heterocycles. The van der Waals surface area contributed by atoms with Crippen LogP contribution in [0.1, 0.15) is 6.92 Å². The van der Waals surface area contributed by atoms with Crippen LogP contribution in [0.15, 0.2) is 11.4 Å². The number of ether oxygens (including phenoxy) is 1. The van der Waals surface area contributed by atoms with E-state index in [-0.39, 0.29) is 23.2 Å². The molecular weight excluding hydrogens is 234 g/mol. The van der Waals surface area contributed by atoms with Gasteiger partial charge in [0.1, 0.15) is 0 Å². The Balaban J connectivity index is 2.95. The number of carbonyl (C=O) groups excluding carboxylic acids is 1. The van der Waals surface area contributed by atoms with Crippen LogP contribution in [0.2, 0.25) is 0 Å². The van der Waals surface area contributed by atoms with Gasteiger partial charge in [0, 0.05) is 5.75 Å². The molecule has 0 spiro atoms. The maximum Gasteiger partial charge on any atom is 0.358 e. The van der Waals surface area contributed by atoms with Crippen molar-refractivity contribution >= 4 is 22.9 Å². The summed E-state index contributed by atoms with van der Waals surface area (Å²) >= 11 is 1.10. The summed E-state index contributed by atoms with van der Waals surface area (Å²) in [6.07, 6.45) is 0. The van der Waals surface area contributed by atoms with E-state index < -0.39 is 5.97 Å². The van der Waals surface area contributed by atoms with Gasteiger partial charge in [-0.1, -0.05) is 11.8 Å². The molecule has 0 atom stereocenters. The first-order valence-electron chi connectivity index (χ1n) is 4.51. The normalized spacial score (nSPS) is 18.7. The van der Waals surface area contributed by atoms with Gasteiger partial charge in [0.05, 0.1) is 19.4 Å². The first-order chi connectivity index (χ1) is 7.61. The maximum atomic E-state index is 11.5. The zero-order chi connectivity index (χ0) is 12.1. The first-order valence-corrected chi connectivity index (χ1v) is 5.50. The van der Waals surface area contributed by atoms with Gasteiger partial charge in [0.15, 0.2) is 10.9 Å². The Kier molecular flexibility index (Phi) is 4.59. The van der Waals surface area contributed by atoms with Crippen LogP contribution in [0, 0.1) is 5.41 Å². The molecule has 0 radical (unpaired) electrons. The van der Waals surface area contributed by atoms with Crippen molar-refractivity contribution in [2.45, 2.75) is 6.92 Å². The first kappa shape index (κ1) is 12.8. The Hall–Kier alpha value is -1.25. The zero-order valence-electron chi connectivity index (χ0n) is 8.94. The molecule has 0 aromatic carbocycles.